The number of aromatic nitrogens is 2. The quantitative estimate of drug-likeness (QED) is 0.846. The second-order valence-electron chi connectivity index (χ2n) is 4.21. The van der Waals surface area contributed by atoms with Crippen molar-refractivity contribution in [3.63, 3.8) is 0 Å². The van der Waals surface area contributed by atoms with Crippen molar-refractivity contribution in [2.24, 2.45) is 0 Å². The molecule has 0 fully saturated rings. The van der Waals surface area contributed by atoms with Gasteiger partial charge in [0.2, 0.25) is 0 Å². The van der Waals surface area contributed by atoms with E-state index in [1.165, 1.54) is 11.1 Å². The molecule has 2 rings (SSSR count). The van der Waals surface area contributed by atoms with Crippen LogP contribution in [0.3, 0.4) is 0 Å². The van der Waals surface area contributed by atoms with E-state index in [4.69, 9.17) is 4.74 Å². The molecule has 0 unspecified atom stereocenters. The van der Waals surface area contributed by atoms with Crippen LogP contribution in [0, 0.1) is 6.92 Å². The average molecular weight is 245 g/mol. The van der Waals surface area contributed by atoms with E-state index in [9.17, 15) is 0 Å². The summed E-state index contributed by atoms with van der Waals surface area (Å²) in [6.07, 6.45) is 3.72. The summed E-state index contributed by atoms with van der Waals surface area (Å²) >= 11 is 0. The fraction of sp³-hybridized carbons (Fsp3) is 0.357. The van der Waals surface area contributed by atoms with Gasteiger partial charge in [0.05, 0.1) is 6.54 Å². The number of ether oxygens (including phenoxy) is 1. The Hall–Kier alpha value is -1.81. The molecule has 0 amide bonds. The maximum Gasteiger partial charge on any atom is 0.126 e. The molecule has 0 aliphatic carbocycles. The third kappa shape index (κ3) is 3.11. The van der Waals surface area contributed by atoms with Crippen molar-refractivity contribution in [1.29, 1.82) is 0 Å². The first-order valence-corrected chi connectivity index (χ1v) is 6.14. The number of hydrogen-bond acceptors (Lipinski definition) is 3. The van der Waals surface area contributed by atoms with Crippen molar-refractivity contribution in [3.8, 4) is 5.75 Å². The second kappa shape index (κ2) is 6.21. The van der Waals surface area contributed by atoms with Crippen LogP contribution in [0.5, 0.6) is 5.75 Å². The Bertz CT molecular complexity index is 480. The highest BCUT2D eigenvalue weighted by atomic mass is 16.5. The molecular formula is C14H19N3O. The summed E-state index contributed by atoms with van der Waals surface area (Å²) < 4.78 is 7.76. The highest BCUT2D eigenvalue weighted by Gasteiger charge is 2.06. The molecule has 0 aliphatic heterocycles. The summed E-state index contributed by atoms with van der Waals surface area (Å²) in [6, 6.07) is 8.14. The number of rotatable bonds is 6. The predicted molar refractivity (Wildman–Crippen MR) is 71.7 cm³/mol. The van der Waals surface area contributed by atoms with Gasteiger partial charge in [-0.1, -0.05) is 18.2 Å². The van der Waals surface area contributed by atoms with Gasteiger partial charge in [-0.2, -0.15) is 5.10 Å². The first-order chi connectivity index (χ1) is 8.81. The maximum absolute atomic E-state index is 5.89. The van der Waals surface area contributed by atoms with Crippen molar-refractivity contribution >= 4 is 0 Å². The van der Waals surface area contributed by atoms with Crippen molar-refractivity contribution < 1.29 is 4.74 Å². The fourth-order valence-corrected chi connectivity index (χ4v) is 1.92. The van der Waals surface area contributed by atoms with Crippen LogP contribution in [0.2, 0.25) is 0 Å². The number of nitrogens with one attached hydrogen (secondary N) is 1. The third-order valence-corrected chi connectivity index (χ3v) is 2.79. The zero-order valence-corrected chi connectivity index (χ0v) is 10.9. The summed E-state index contributed by atoms with van der Waals surface area (Å²) in [5.41, 5.74) is 2.36. The summed E-state index contributed by atoms with van der Waals surface area (Å²) in [5.74, 6) is 0.985. The lowest BCUT2D eigenvalue weighted by Gasteiger charge is -2.14. The van der Waals surface area contributed by atoms with Gasteiger partial charge in [-0.25, -0.2) is 0 Å². The van der Waals surface area contributed by atoms with Crippen LogP contribution in [0.4, 0.5) is 0 Å². The van der Waals surface area contributed by atoms with Gasteiger partial charge in [-0.3, -0.25) is 4.68 Å². The van der Waals surface area contributed by atoms with E-state index in [1.54, 1.807) is 6.20 Å². The number of benzene rings is 1. The molecule has 1 heterocycles. The minimum Gasteiger partial charge on any atom is -0.491 e. The molecule has 2 aromatic rings. The number of hydrogen-bond donors (Lipinski definition) is 1. The smallest absolute Gasteiger partial charge is 0.126 e. The molecule has 1 N–H and O–H groups in total. The zero-order chi connectivity index (χ0) is 12.8. The second-order valence-corrected chi connectivity index (χ2v) is 4.21. The van der Waals surface area contributed by atoms with E-state index in [1.807, 2.05) is 24.0 Å². The molecule has 4 heteroatoms. The highest BCUT2D eigenvalue weighted by molar-refractivity contribution is 5.40. The molecule has 0 bridgehead atoms. The molecule has 1 aromatic carbocycles. The summed E-state index contributed by atoms with van der Waals surface area (Å²) in [6.45, 7) is 4.28. The highest BCUT2D eigenvalue weighted by Crippen LogP contribution is 2.23. The Kier molecular flexibility index (Phi) is 4.36. The van der Waals surface area contributed by atoms with Crippen LogP contribution < -0.4 is 10.1 Å². The zero-order valence-electron chi connectivity index (χ0n) is 10.9. The monoisotopic (exact) mass is 245 g/mol. The largest absolute Gasteiger partial charge is 0.491 e. The van der Waals surface area contributed by atoms with E-state index in [2.05, 4.69) is 35.5 Å². The molecule has 4 nitrogen and oxygen atoms in total. The van der Waals surface area contributed by atoms with Crippen molar-refractivity contribution in [3.05, 3.63) is 47.8 Å². The lowest BCUT2D eigenvalue weighted by atomic mass is 10.1. The van der Waals surface area contributed by atoms with Gasteiger partial charge in [-0.05, 0) is 25.6 Å². The van der Waals surface area contributed by atoms with E-state index in [0.717, 1.165) is 18.8 Å². The SMILES string of the molecule is CNCc1cccc(C)c1OCCn1cccn1. The van der Waals surface area contributed by atoms with Crippen LogP contribution in [-0.2, 0) is 13.1 Å². The minimum atomic E-state index is 0.628. The van der Waals surface area contributed by atoms with Crippen LogP contribution in [0.15, 0.2) is 36.7 Å². The van der Waals surface area contributed by atoms with Gasteiger partial charge < -0.3 is 10.1 Å². The van der Waals surface area contributed by atoms with E-state index >= 15 is 0 Å². The first kappa shape index (κ1) is 12.6. The Morgan fingerprint density at radius 3 is 2.94 bits per heavy atom. The molecule has 1 aromatic heterocycles. The number of nitrogens with zero attached hydrogens (tertiary/aromatic N) is 2. The molecule has 0 saturated heterocycles. The molecule has 18 heavy (non-hydrogen) atoms. The number of para-hydroxylation sites is 1. The maximum atomic E-state index is 5.89. The molecular weight excluding hydrogens is 226 g/mol. The summed E-state index contributed by atoms with van der Waals surface area (Å²) in [5, 5.41) is 7.31. The Morgan fingerprint density at radius 1 is 1.33 bits per heavy atom. The average Bonchev–Trinajstić information content (AvgIpc) is 2.86. The lowest BCUT2D eigenvalue weighted by Crippen LogP contribution is -2.12. The van der Waals surface area contributed by atoms with Gasteiger partial charge in [0.15, 0.2) is 0 Å². The minimum absolute atomic E-state index is 0.628. The topological polar surface area (TPSA) is 39.1 Å². The molecule has 0 saturated carbocycles. The van der Waals surface area contributed by atoms with Gasteiger partial charge in [0.25, 0.3) is 0 Å². The number of aryl methyl sites for hydroxylation is 1. The van der Waals surface area contributed by atoms with Gasteiger partial charge in [-0.15, -0.1) is 0 Å². The van der Waals surface area contributed by atoms with Crippen LogP contribution in [-0.4, -0.2) is 23.4 Å². The fourth-order valence-electron chi connectivity index (χ4n) is 1.92. The standard InChI is InChI=1S/C14H19N3O/c1-12-5-3-6-13(11-15-2)14(12)18-10-9-17-8-4-7-16-17/h3-8,15H,9-11H2,1-2H3. The van der Waals surface area contributed by atoms with E-state index in [0.29, 0.717) is 6.61 Å². The van der Waals surface area contributed by atoms with Crippen molar-refractivity contribution in [2.75, 3.05) is 13.7 Å². The van der Waals surface area contributed by atoms with Crippen molar-refractivity contribution in [1.82, 2.24) is 15.1 Å². The molecule has 96 valence electrons. The van der Waals surface area contributed by atoms with Crippen LogP contribution in [0.1, 0.15) is 11.1 Å². The van der Waals surface area contributed by atoms with E-state index in [-0.39, 0.29) is 0 Å². The molecule has 0 radical (unpaired) electrons. The summed E-state index contributed by atoms with van der Waals surface area (Å²) in [4.78, 5) is 0. The van der Waals surface area contributed by atoms with Gasteiger partial charge in [0, 0.05) is 24.5 Å². The Balaban J connectivity index is 1.99. The van der Waals surface area contributed by atoms with Gasteiger partial charge >= 0.3 is 0 Å². The van der Waals surface area contributed by atoms with Crippen LogP contribution in [0.25, 0.3) is 0 Å². The first-order valence-electron chi connectivity index (χ1n) is 6.14. The van der Waals surface area contributed by atoms with Crippen LogP contribution >= 0.6 is 0 Å². The normalized spacial score (nSPS) is 10.6. The predicted octanol–water partition coefficient (Wildman–Crippen LogP) is 1.99. The molecule has 0 spiro atoms. The lowest BCUT2D eigenvalue weighted by molar-refractivity contribution is 0.286. The molecule has 0 aliphatic rings. The molecule has 0 atom stereocenters. The van der Waals surface area contributed by atoms with Crippen molar-refractivity contribution in [2.45, 2.75) is 20.0 Å². The third-order valence-electron chi connectivity index (χ3n) is 2.79. The van der Waals surface area contributed by atoms with E-state index < -0.39 is 0 Å². The Labute approximate surface area is 108 Å². The van der Waals surface area contributed by atoms with Gasteiger partial charge in [0.1, 0.15) is 12.4 Å². The Morgan fingerprint density at radius 2 is 2.22 bits per heavy atom. The summed E-state index contributed by atoms with van der Waals surface area (Å²) in [7, 11) is 1.94.